The molecule has 0 amide bonds. The Bertz CT molecular complexity index is 545. The Morgan fingerprint density at radius 2 is 1.11 bits per heavy atom. The lowest BCUT2D eigenvalue weighted by molar-refractivity contribution is -0.116. The Hall–Kier alpha value is -1.70. The molecule has 0 radical (unpaired) electrons. The van der Waals surface area contributed by atoms with Crippen LogP contribution in [0.15, 0.2) is 45.6 Å². The van der Waals surface area contributed by atoms with Crippen LogP contribution in [0.5, 0.6) is 0 Å². The van der Waals surface area contributed by atoms with Crippen LogP contribution in [-0.2, 0) is 9.59 Å². The molecule has 3 aliphatic carbocycles. The highest BCUT2D eigenvalue weighted by Gasteiger charge is 2.35. The van der Waals surface area contributed by atoms with Crippen LogP contribution in [0.1, 0.15) is 39.5 Å². The second kappa shape index (κ2) is 3.91. The lowest BCUT2D eigenvalue weighted by Crippen LogP contribution is -2.27. The predicted molar refractivity (Wildman–Crippen MR) is 70.0 cm³/mol. The molecule has 0 heterocycles. The Balaban J connectivity index is 2.06. The van der Waals surface area contributed by atoms with Gasteiger partial charge in [-0.1, -0.05) is 23.3 Å². The number of hydrogen-bond acceptors (Lipinski definition) is 2. The van der Waals surface area contributed by atoms with Gasteiger partial charge >= 0.3 is 0 Å². The molecular formula is C16H16O2. The zero-order chi connectivity index (χ0) is 12.9. The van der Waals surface area contributed by atoms with E-state index in [1.807, 2.05) is 12.2 Å². The van der Waals surface area contributed by atoms with E-state index in [2.05, 4.69) is 13.8 Å². The third-order valence-corrected chi connectivity index (χ3v) is 4.25. The van der Waals surface area contributed by atoms with Crippen molar-refractivity contribution in [1.29, 1.82) is 0 Å². The van der Waals surface area contributed by atoms with E-state index in [0.717, 1.165) is 22.3 Å². The highest BCUT2D eigenvalue weighted by atomic mass is 16.1. The third-order valence-electron chi connectivity index (χ3n) is 4.25. The quantitative estimate of drug-likeness (QED) is 0.481. The minimum absolute atomic E-state index is 0.121. The lowest BCUT2D eigenvalue weighted by Gasteiger charge is -2.28. The highest BCUT2D eigenvalue weighted by molar-refractivity contribution is 6.26. The smallest absolute Gasteiger partial charge is 0.186 e. The topological polar surface area (TPSA) is 34.1 Å². The Morgan fingerprint density at radius 3 is 1.50 bits per heavy atom. The first-order chi connectivity index (χ1) is 8.59. The first kappa shape index (κ1) is 11.4. The van der Waals surface area contributed by atoms with Crippen molar-refractivity contribution in [2.24, 2.45) is 0 Å². The maximum Gasteiger partial charge on any atom is 0.186 e. The zero-order valence-electron chi connectivity index (χ0n) is 10.8. The zero-order valence-corrected chi connectivity index (χ0v) is 10.8. The average Bonchev–Trinajstić information content (AvgIpc) is 2.38. The summed E-state index contributed by atoms with van der Waals surface area (Å²) in [6.07, 6.45) is 6.55. The van der Waals surface area contributed by atoms with Crippen LogP contribution in [0.2, 0.25) is 0 Å². The van der Waals surface area contributed by atoms with Crippen LogP contribution in [-0.4, -0.2) is 11.6 Å². The van der Waals surface area contributed by atoms with Crippen LogP contribution in [0.3, 0.4) is 0 Å². The maximum absolute atomic E-state index is 12.5. The van der Waals surface area contributed by atoms with Crippen molar-refractivity contribution in [2.75, 3.05) is 0 Å². The van der Waals surface area contributed by atoms with Gasteiger partial charge in [0.1, 0.15) is 0 Å². The largest absolute Gasteiger partial charge is 0.289 e. The number of carbonyl (C=O) groups excluding carboxylic acids is 2. The van der Waals surface area contributed by atoms with Crippen LogP contribution < -0.4 is 0 Å². The molecule has 0 saturated carbocycles. The van der Waals surface area contributed by atoms with Gasteiger partial charge < -0.3 is 0 Å². The van der Waals surface area contributed by atoms with Crippen LogP contribution >= 0.6 is 0 Å². The molecule has 0 unspecified atom stereocenters. The van der Waals surface area contributed by atoms with Crippen LogP contribution in [0.25, 0.3) is 0 Å². The molecule has 0 aromatic carbocycles. The van der Waals surface area contributed by atoms with Gasteiger partial charge in [-0.2, -0.15) is 0 Å². The molecule has 18 heavy (non-hydrogen) atoms. The molecule has 0 aliphatic heterocycles. The highest BCUT2D eigenvalue weighted by Crippen LogP contribution is 2.39. The van der Waals surface area contributed by atoms with E-state index in [1.165, 1.54) is 11.1 Å². The number of rotatable bonds is 0. The maximum atomic E-state index is 12.5. The normalized spacial score (nSPS) is 23.7. The first-order valence-corrected chi connectivity index (χ1v) is 6.43. The average molecular weight is 240 g/mol. The monoisotopic (exact) mass is 240 g/mol. The molecule has 92 valence electrons. The number of carbonyl (C=O) groups is 2. The standard InChI is InChI=1S/C16H16O2/c1-9-7-13-14(8-10(9)2)16(18)12-6-4-3-5-11(12)15(13)17/h3-4H,5-8H2,1-2H3. The number of Topliss-reactive ketones (excluding diaryl/α,β-unsaturated/α-hetero) is 2. The van der Waals surface area contributed by atoms with Crippen molar-refractivity contribution in [3.63, 3.8) is 0 Å². The minimum atomic E-state index is 0.121. The fourth-order valence-electron chi connectivity index (χ4n) is 2.95. The molecule has 0 aromatic rings. The van der Waals surface area contributed by atoms with Crippen molar-refractivity contribution in [3.05, 3.63) is 45.6 Å². The van der Waals surface area contributed by atoms with Crippen molar-refractivity contribution in [3.8, 4) is 0 Å². The summed E-state index contributed by atoms with van der Waals surface area (Å²) in [5.41, 5.74) is 5.49. The van der Waals surface area contributed by atoms with E-state index in [-0.39, 0.29) is 11.6 Å². The lowest BCUT2D eigenvalue weighted by atomic mass is 9.73. The number of hydrogen-bond donors (Lipinski definition) is 0. The SMILES string of the molecule is CC1=C(C)CC2=C(C1)C(=O)C1=C(CC=CC1)C2=O. The molecule has 0 fully saturated rings. The number of allylic oxidation sites excluding steroid dienone is 8. The third kappa shape index (κ3) is 1.48. The summed E-state index contributed by atoms with van der Waals surface area (Å²) in [5, 5.41) is 0. The van der Waals surface area contributed by atoms with E-state index >= 15 is 0 Å². The molecular weight excluding hydrogens is 224 g/mol. The first-order valence-electron chi connectivity index (χ1n) is 6.43. The summed E-state index contributed by atoms with van der Waals surface area (Å²) >= 11 is 0. The van der Waals surface area contributed by atoms with Crippen molar-refractivity contribution < 1.29 is 9.59 Å². The van der Waals surface area contributed by atoms with Crippen LogP contribution in [0.4, 0.5) is 0 Å². The summed E-state index contributed by atoms with van der Waals surface area (Å²) in [7, 11) is 0. The summed E-state index contributed by atoms with van der Waals surface area (Å²) in [5.74, 6) is 0.242. The molecule has 0 saturated heterocycles. The van der Waals surface area contributed by atoms with E-state index in [0.29, 0.717) is 25.7 Å². The van der Waals surface area contributed by atoms with Gasteiger partial charge in [-0.3, -0.25) is 9.59 Å². The second-order valence-corrected chi connectivity index (χ2v) is 5.37. The molecule has 3 rings (SSSR count). The summed E-state index contributed by atoms with van der Waals surface area (Å²) in [6, 6.07) is 0. The van der Waals surface area contributed by atoms with Crippen molar-refractivity contribution in [2.45, 2.75) is 39.5 Å². The van der Waals surface area contributed by atoms with Gasteiger partial charge in [-0.25, -0.2) is 0 Å². The summed E-state index contributed by atoms with van der Waals surface area (Å²) in [4.78, 5) is 24.9. The van der Waals surface area contributed by atoms with Gasteiger partial charge in [0, 0.05) is 22.3 Å². The Labute approximate surface area is 107 Å². The molecule has 2 heteroatoms. The fourth-order valence-corrected chi connectivity index (χ4v) is 2.95. The number of ketones is 2. The molecule has 3 aliphatic rings. The van der Waals surface area contributed by atoms with Gasteiger partial charge in [0.25, 0.3) is 0 Å². The van der Waals surface area contributed by atoms with E-state index in [4.69, 9.17) is 0 Å². The Kier molecular flexibility index (Phi) is 2.47. The van der Waals surface area contributed by atoms with Crippen molar-refractivity contribution in [1.82, 2.24) is 0 Å². The fraction of sp³-hybridized carbons (Fsp3) is 0.375. The van der Waals surface area contributed by atoms with Gasteiger partial charge in [0.15, 0.2) is 11.6 Å². The minimum Gasteiger partial charge on any atom is -0.289 e. The molecule has 0 N–H and O–H groups in total. The van der Waals surface area contributed by atoms with E-state index < -0.39 is 0 Å². The van der Waals surface area contributed by atoms with Gasteiger partial charge in [0.05, 0.1) is 0 Å². The molecule has 2 nitrogen and oxygen atoms in total. The van der Waals surface area contributed by atoms with E-state index in [9.17, 15) is 9.59 Å². The Morgan fingerprint density at radius 1 is 0.722 bits per heavy atom. The van der Waals surface area contributed by atoms with Crippen molar-refractivity contribution >= 4 is 11.6 Å². The summed E-state index contributed by atoms with van der Waals surface area (Å²) < 4.78 is 0. The predicted octanol–water partition coefficient (Wildman–Crippen LogP) is 3.21. The molecule has 0 bridgehead atoms. The molecule has 0 aromatic heterocycles. The summed E-state index contributed by atoms with van der Waals surface area (Å²) in [6.45, 7) is 4.11. The molecule has 0 atom stereocenters. The van der Waals surface area contributed by atoms with Gasteiger partial charge in [-0.15, -0.1) is 0 Å². The van der Waals surface area contributed by atoms with E-state index in [1.54, 1.807) is 0 Å². The second-order valence-electron chi connectivity index (χ2n) is 5.37. The molecule has 0 spiro atoms. The van der Waals surface area contributed by atoms with Gasteiger partial charge in [0.2, 0.25) is 0 Å². The van der Waals surface area contributed by atoms with Gasteiger partial charge in [-0.05, 0) is 39.5 Å². The van der Waals surface area contributed by atoms with Crippen LogP contribution in [0, 0.1) is 0 Å².